The van der Waals surface area contributed by atoms with E-state index >= 15 is 0 Å². The summed E-state index contributed by atoms with van der Waals surface area (Å²) in [6.07, 6.45) is 2.55. The lowest BCUT2D eigenvalue weighted by Gasteiger charge is -2.16. The number of nitrogens with zero attached hydrogens (tertiary/aromatic N) is 1. The zero-order valence-electron chi connectivity index (χ0n) is 12.7. The van der Waals surface area contributed by atoms with Gasteiger partial charge >= 0.3 is 5.69 Å². The number of benzene rings is 1. The molecule has 0 aliphatic carbocycles. The molecule has 23 heavy (non-hydrogen) atoms. The fourth-order valence-corrected chi connectivity index (χ4v) is 2.75. The lowest BCUT2D eigenvalue weighted by Crippen LogP contribution is -2.44. The summed E-state index contributed by atoms with van der Waals surface area (Å²) in [5, 5.41) is 12.2. The summed E-state index contributed by atoms with van der Waals surface area (Å²) in [6.45, 7) is -0.565. The maximum absolute atomic E-state index is 12.3. The number of amides is 1. The van der Waals surface area contributed by atoms with Crippen LogP contribution in [-0.2, 0) is 11.3 Å². The quantitative estimate of drug-likeness (QED) is 0.655. The zero-order valence-corrected chi connectivity index (χ0v) is 13.6. The second-order valence-corrected chi connectivity index (χ2v) is 6.08. The summed E-state index contributed by atoms with van der Waals surface area (Å²) in [4.78, 5) is 38.9. The SMILES string of the molecule is CSCCC(CO)NC(=O)Cn1c(=O)[nH]c2ccccc2c1=O. The molecule has 0 spiro atoms. The van der Waals surface area contributed by atoms with Crippen LogP contribution in [0.5, 0.6) is 0 Å². The van der Waals surface area contributed by atoms with Crippen molar-refractivity contribution in [3.8, 4) is 0 Å². The molecule has 8 heteroatoms. The average Bonchev–Trinajstić information content (AvgIpc) is 2.55. The van der Waals surface area contributed by atoms with Gasteiger partial charge in [-0.2, -0.15) is 11.8 Å². The van der Waals surface area contributed by atoms with Crippen molar-refractivity contribution in [2.24, 2.45) is 0 Å². The fourth-order valence-electron chi connectivity index (χ4n) is 2.23. The minimum absolute atomic E-state index is 0.185. The summed E-state index contributed by atoms with van der Waals surface area (Å²) in [6, 6.07) is 6.25. The molecule has 124 valence electrons. The molecule has 0 saturated carbocycles. The van der Waals surface area contributed by atoms with Gasteiger partial charge in [0.1, 0.15) is 6.54 Å². The van der Waals surface area contributed by atoms with E-state index in [0.29, 0.717) is 17.3 Å². The van der Waals surface area contributed by atoms with Gasteiger partial charge in [-0.15, -0.1) is 0 Å². The predicted molar refractivity (Wildman–Crippen MR) is 90.8 cm³/mol. The van der Waals surface area contributed by atoms with E-state index in [4.69, 9.17) is 0 Å². The highest BCUT2D eigenvalue weighted by molar-refractivity contribution is 7.98. The highest BCUT2D eigenvalue weighted by Gasteiger charge is 2.14. The number of rotatable bonds is 7. The molecule has 0 aliphatic heterocycles. The molecule has 1 atom stereocenters. The normalized spacial score (nSPS) is 12.3. The molecule has 1 aromatic heterocycles. The topological polar surface area (TPSA) is 104 Å². The van der Waals surface area contributed by atoms with Crippen LogP contribution >= 0.6 is 11.8 Å². The summed E-state index contributed by atoms with van der Waals surface area (Å²) < 4.78 is 0.862. The van der Waals surface area contributed by atoms with E-state index < -0.39 is 17.2 Å². The number of para-hydroxylation sites is 1. The second kappa shape index (κ2) is 7.98. The van der Waals surface area contributed by atoms with Gasteiger partial charge in [-0.3, -0.25) is 14.2 Å². The van der Waals surface area contributed by atoms with Crippen molar-refractivity contribution in [1.82, 2.24) is 14.9 Å². The molecule has 1 unspecified atom stereocenters. The minimum Gasteiger partial charge on any atom is -0.394 e. The molecule has 0 fully saturated rings. The lowest BCUT2D eigenvalue weighted by atomic mass is 10.2. The average molecular weight is 337 g/mol. The number of hydrogen-bond donors (Lipinski definition) is 3. The molecular weight excluding hydrogens is 318 g/mol. The number of H-pyrrole nitrogens is 1. The van der Waals surface area contributed by atoms with Crippen molar-refractivity contribution in [1.29, 1.82) is 0 Å². The van der Waals surface area contributed by atoms with Gasteiger partial charge in [0.15, 0.2) is 0 Å². The molecule has 0 aliphatic rings. The summed E-state index contributed by atoms with van der Waals surface area (Å²) >= 11 is 1.61. The lowest BCUT2D eigenvalue weighted by molar-refractivity contribution is -0.122. The highest BCUT2D eigenvalue weighted by Crippen LogP contribution is 2.03. The van der Waals surface area contributed by atoms with Crippen LogP contribution in [0.3, 0.4) is 0 Å². The van der Waals surface area contributed by atoms with Crippen molar-refractivity contribution < 1.29 is 9.90 Å². The Bertz CT molecular complexity index is 799. The van der Waals surface area contributed by atoms with Crippen molar-refractivity contribution in [3.63, 3.8) is 0 Å². The number of hydrogen-bond acceptors (Lipinski definition) is 5. The Morgan fingerprint density at radius 2 is 2.13 bits per heavy atom. The van der Waals surface area contributed by atoms with Crippen molar-refractivity contribution in [2.75, 3.05) is 18.6 Å². The van der Waals surface area contributed by atoms with E-state index in [-0.39, 0.29) is 19.2 Å². The van der Waals surface area contributed by atoms with Gasteiger partial charge in [0.25, 0.3) is 5.56 Å². The van der Waals surface area contributed by atoms with Crippen LogP contribution in [0, 0.1) is 0 Å². The Hall–Kier alpha value is -2.06. The van der Waals surface area contributed by atoms with Gasteiger partial charge in [0.05, 0.1) is 23.6 Å². The van der Waals surface area contributed by atoms with Gasteiger partial charge in [-0.25, -0.2) is 4.79 Å². The van der Waals surface area contributed by atoms with Crippen LogP contribution in [-0.4, -0.2) is 45.2 Å². The Balaban J connectivity index is 2.19. The van der Waals surface area contributed by atoms with Crippen molar-refractivity contribution >= 4 is 28.6 Å². The van der Waals surface area contributed by atoms with Crippen LogP contribution < -0.4 is 16.6 Å². The van der Waals surface area contributed by atoms with Gasteiger partial charge in [0.2, 0.25) is 5.91 Å². The molecular formula is C15H19N3O4S. The summed E-state index contributed by atoms with van der Waals surface area (Å²) in [7, 11) is 0. The van der Waals surface area contributed by atoms with E-state index in [0.717, 1.165) is 10.3 Å². The fraction of sp³-hybridized carbons (Fsp3) is 0.400. The molecule has 0 saturated heterocycles. The van der Waals surface area contributed by atoms with E-state index in [1.54, 1.807) is 36.0 Å². The molecule has 1 heterocycles. The van der Waals surface area contributed by atoms with Gasteiger partial charge in [0, 0.05) is 0 Å². The first kappa shape index (κ1) is 17.3. The molecule has 2 rings (SSSR count). The smallest absolute Gasteiger partial charge is 0.329 e. The largest absolute Gasteiger partial charge is 0.394 e. The number of aromatic nitrogens is 2. The number of aliphatic hydroxyl groups excluding tert-OH is 1. The number of aromatic amines is 1. The van der Waals surface area contributed by atoms with Crippen LogP contribution in [0.15, 0.2) is 33.9 Å². The van der Waals surface area contributed by atoms with E-state index in [2.05, 4.69) is 10.3 Å². The second-order valence-electron chi connectivity index (χ2n) is 5.10. The van der Waals surface area contributed by atoms with Crippen LogP contribution in [0.25, 0.3) is 10.9 Å². The number of fused-ring (bicyclic) bond motifs is 1. The maximum Gasteiger partial charge on any atom is 0.329 e. The Labute approximate surface area is 136 Å². The van der Waals surface area contributed by atoms with Crippen molar-refractivity contribution in [2.45, 2.75) is 19.0 Å². The first-order valence-electron chi connectivity index (χ1n) is 7.18. The molecule has 7 nitrogen and oxygen atoms in total. The summed E-state index contributed by atoms with van der Waals surface area (Å²) in [5.41, 5.74) is -0.704. The number of carbonyl (C=O) groups is 1. The van der Waals surface area contributed by atoms with E-state index in [9.17, 15) is 19.5 Å². The Morgan fingerprint density at radius 1 is 1.39 bits per heavy atom. The first-order chi connectivity index (χ1) is 11.1. The van der Waals surface area contributed by atoms with Crippen LogP contribution in [0.2, 0.25) is 0 Å². The van der Waals surface area contributed by atoms with Gasteiger partial charge < -0.3 is 15.4 Å². The molecule has 0 bridgehead atoms. The minimum atomic E-state index is -0.631. The molecule has 3 N–H and O–H groups in total. The molecule has 1 aromatic carbocycles. The highest BCUT2D eigenvalue weighted by atomic mass is 32.2. The zero-order chi connectivity index (χ0) is 16.8. The van der Waals surface area contributed by atoms with Crippen LogP contribution in [0.4, 0.5) is 0 Å². The molecule has 0 radical (unpaired) electrons. The van der Waals surface area contributed by atoms with Crippen molar-refractivity contribution in [3.05, 3.63) is 45.1 Å². The first-order valence-corrected chi connectivity index (χ1v) is 8.57. The molecule has 1 amide bonds. The maximum atomic E-state index is 12.3. The Morgan fingerprint density at radius 3 is 2.83 bits per heavy atom. The number of carbonyl (C=O) groups excluding carboxylic acids is 1. The number of aliphatic hydroxyl groups is 1. The Kier molecular flexibility index (Phi) is 6.00. The third-order valence-corrected chi connectivity index (χ3v) is 4.09. The number of nitrogens with one attached hydrogen (secondary N) is 2. The van der Waals surface area contributed by atoms with Gasteiger partial charge in [-0.05, 0) is 30.6 Å². The molecule has 2 aromatic rings. The number of thioether (sulfide) groups is 1. The standard InChI is InChI=1S/C15H19N3O4S/c1-23-7-6-10(9-19)16-13(20)8-18-14(21)11-4-2-3-5-12(11)17-15(18)22/h2-5,10,19H,6-9H2,1H3,(H,16,20)(H,17,22). The third-order valence-electron chi connectivity index (χ3n) is 3.45. The predicted octanol–water partition coefficient (Wildman–Crippen LogP) is -0.0800. The van der Waals surface area contributed by atoms with Crippen LogP contribution in [0.1, 0.15) is 6.42 Å². The van der Waals surface area contributed by atoms with Gasteiger partial charge in [-0.1, -0.05) is 12.1 Å². The van der Waals surface area contributed by atoms with E-state index in [1.807, 2.05) is 6.26 Å². The monoisotopic (exact) mass is 337 g/mol. The van der Waals surface area contributed by atoms with E-state index in [1.165, 1.54) is 0 Å². The summed E-state index contributed by atoms with van der Waals surface area (Å²) in [5.74, 6) is 0.315. The third kappa shape index (κ3) is 4.23.